The molecular weight excluding hydrogens is 210 g/mol. The Morgan fingerprint density at radius 3 is 2.47 bits per heavy atom. The molecule has 0 bridgehead atoms. The van der Waals surface area contributed by atoms with Crippen molar-refractivity contribution in [3.05, 3.63) is 0 Å². The van der Waals surface area contributed by atoms with Crippen LogP contribution in [0.15, 0.2) is 0 Å². The number of nitrogens with one attached hydrogen (secondary N) is 1. The second-order valence-corrected chi connectivity index (χ2v) is 5.53. The molecule has 0 aromatic carbocycles. The Morgan fingerprint density at radius 1 is 1.35 bits per heavy atom. The van der Waals surface area contributed by atoms with Gasteiger partial charge in [0.1, 0.15) is 0 Å². The van der Waals surface area contributed by atoms with Crippen molar-refractivity contribution in [3.8, 4) is 6.07 Å². The second kappa shape index (κ2) is 6.98. The van der Waals surface area contributed by atoms with Gasteiger partial charge < -0.3 is 10.2 Å². The highest BCUT2D eigenvalue weighted by molar-refractivity contribution is 4.90. The molecule has 0 aromatic rings. The third-order valence-corrected chi connectivity index (χ3v) is 4.26. The zero-order chi connectivity index (χ0) is 12.7. The molecule has 3 nitrogen and oxygen atoms in total. The number of nitriles is 1. The number of piperidine rings is 1. The van der Waals surface area contributed by atoms with E-state index in [0.717, 1.165) is 19.5 Å². The Morgan fingerprint density at radius 2 is 2.00 bits per heavy atom. The lowest BCUT2D eigenvalue weighted by molar-refractivity contribution is 0.112. The second-order valence-electron chi connectivity index (χ2n) is 5.53. The summed E-state index contributed by atoms with van der Waals surface area (Å²) in [6.45, 7) is 11.1. The van der Waals surface area contributed by atoms with E-state index >= 15 is 0 Å². The van der Waals surface area contributed by atoms with E-state index in [1.807, 2.05) is 0 Å². The quantitative estimate of drug-likeness (QED) is 0.771. The molecule has 1 unspecified atom stereocenters. The maximum atomic E-state index is 8.98. The molecule has 0 amide bonds. The van der Waals surface area contributed by atoms with Crippen molar-refractivity contribution in [1.29, 1.82) is 5.26 Å². The van der Waals surface area contributed by atoms with Crippen LogP contribution >= 0.6 is 0 Å². The summed E-state index contributed by atoms with van der Waals surface area (Å²) in [5.41, 5.74) is 0.562. The van der Waals surface area contributed by atoms with Crippen LogP contribution in [0.1, 0.15) is 46.5 Å². The van der Waals surface area contributed by atoms with E-state index in [1.165, 1.54) is 32.4 Å². The van der Waals surface area contributed by atoms with Crippen LogP contribution in [0.4, 0.5) is 0 Å². The van der Waals surface area contributed by atoms with E-state index in [1.54, 1.807) is 0 Å². The van der Waals surface area contributed by atoms with Gasteiger partial charge in [0.2, 0.25) is 0 Å². The lowest BCUT2D eigenvalue weighted by Crippen LogP contribution is -2.40. The third-order valence-electron chi connectivity index (χ3n) is 4.26. The van der Waals surface area contributed by atoms with E-state index in [9.17, 15) is 0 Å². The number of rotatable bonds is 6. The molecule has 1 heterocycles. The van der Waals surface area contributed by atoms with Crippen molar-refractivity contribution in [2.75, 3.05) is 26.2 Å². The fraction of sp³-hybridized carbons (Fsp3) is 0.929. The van der Waals surface area contributed by atoms with Crippen LogP contribution in [-0.2, 0) is 0 Å². The minimum absolute atomic E-state index is 0.0273. The maximum absolute atomic E-state index is 8.98. The molecule has 0 aromatic heterocycles. The van der Waals surface area contributed by atoms with Gasteiger partial charge in [-0.2, -0.15) is 5.26 Å². The van der Waals surface area contributed by atoms with Crippen molar-refractivity contribution in [2.24, 2.45) is 5.41 Å². The lowest BCUT2D eigenvalue weighted by Gasteiger charge is -2.39. The van der Waals surface area contributed by atoms with Crippen molar-refractivity contribution >= 4 is 0 Å². The molecule has 1 fully saturated rings. The van der Waals surface area contributed by atoms with E-state index < -0.39 is 0 Å². The highest BCUT2D eigenvalue weighted by Gasteiger charge is 2.28. The summed E-state index contributed by atoms with van der Waals surface area (Å²) >= 11 is 0. The molecule has 0 saturated carbocycles. The van der Waals surface area contributed by atoms with E-state index in [-0.39, 0.29) is 6.04 Å². The van der Waals surface area contributed by atoms with E-state index in [2.05, 4.69) is 37.1 Å². The average Bonchev–Trinajstić information content (AvgIpc) is 2.36. The largest absolute Gasteiger partial charge is 0.303 e. The summed E-state index contributed by atoms with van der Waals surface area (Å²) in [5, 5.41) is 12.2. The molecule has 1 rings (SSSR count). The fourth-order valence-electron chi connectivity index (χ4n) is 2.44. The Labute approximate surface area is 106 Å². The Balaban J connectivity index is 2.24. The monoisotopic (exact) mass is 237 g/mol. The van der Waals surface area contributed by atoms with Crippen molar-refractivity contribution < 1.29 is 0 Å². The van der Waals surface area contributed by atoms with Crippen LogP contribution in [0.3, 0.4) is 0 Å². The predicted octanol–water partition coefficient (Wildman–Crippen LogP) is 2.39. The maximum Gasteiger partial charge on any atom is 0.0965 e. The zero-order valence-electron chi connectivity index (χ0n) is 11.6. The average molecular weight is 237 g/mol. The molecule has 0 aliphatic carbocycles. The topological polar surface area (TPSA) is 39.1 Å². The van der Waals surface area contributed by atoms with Gasteiger partial charge in [-0.3, -0.25) is 0 Å². The van der Waals surface area contributed by atoms with Crippen LogP contribution in [0.5, 0.6) is 0 Å². The summed E-state index contributed by atoms with van der Waals surface area (Å²) in [6, 6.07) is 2.36. The Kier molecular flexibility index (Phi) is 5.94. The molecule has 1 N–H and O–H groups in total. The van der Waals surface area contributed by atoms with Gasteiger partial charge in [-0.1, -0.05) is 27.2 Å². The summed E-state index contributed by atoms with van der Waals surface area (Å²) < 4.78 is 0. The molecule has 1 saturated heterocycles. The van der Waals surface area contributed by atoms with Gasteiger partial charge in [-0.15, -0.1) is 0 Å². The van der Waals surface area contributed by atoms with Crippen LogP contribution in [0, 0.1) is 16.7 Å². The Hall–Kier alpha value is -0.590. The van der Waals surface area contributed by atoms with Crippen LogP contribution in [0.25, 0.3) is 0 Å². The van der Waals surface area contributed by atoms with Gasteiger partial charge in [0.25, 0.3) is 0 Å². The van der Waals surface area contributed by atoms with Crippen molar-refractivity contribution in [1.82, 2.24) is 10.2 Å². The summed E-state index contributed by atoms with van der Waals surface area (Å²) in [6.07, 6.45) is 4.86. The molecule has 98 valence electrons. The van der Waals surface area contributed by atoms with Gasteiger partial charge in [0.15, 0.2) is 0 Å². The first-order valence-electron chi connectivity index (χ1n) is 6.99. The Bertz CT molecular complexity index is 249. The highest BCUT2D eigenvalue weighted by atomic mass is 15.1. The van der Waals surface area contributed by atoms with Crippen LogP contribution in [-0.4, -0.2) is 37.1 Å². The predicted molar refractivity (Wildman–Crippen MR) is 71.8 cm³/mol. The van der Waals surface area contributed by atoms with Crippen molar-refractivity contribution in [3.63, 3.8) is 0 Å². The van der Waals surface area contributed by atoms with Crippen LogP contribution in [0.2, 0.25) is 0 Å². The molecule has 1 aliphatic rings. The number of likely N-dealkylation sites (tertiary alicyclic amines) is 1. The summed E-state index contributed by atoms with van der Waals surface area (Å²) in [4.78, 5) is 2.51. The molecule has 3 heteroatoms. The number of hydrogen-bond donors (Lipinski definition) is 1. The molecule has 1 aliphatic heterocycles. The minimum atomic E-state index is 0.0273. The first-order chi connectivity index (χ1) is 8.13. The van der Waals surface area contributed by atoms with E-state index in [4.69, 9.17) is 5.26 Å². The smallest absolute Gasteiger partial charge is 0.0965 e. The molecule has 17 heavy (non-hydrogen) atoms. The fourth-order valence-corrected chi connectivity index (χ4v) is 2.44. The molecule has 0 radical (unpaired) electrons. The minimum Gasteiger partial charge on any atom is -0.303 e. The van der Waals surface area contributed by atoms with Crippen LogP contribution < -0.4 is 5.32 Å². The van der Waals surface area contributed by atoms with Gasteiger partial charge in [0, 0.05) is 6.54 Å². The molecular formula is C14H27N3. The SMILES string of the molecule is CCNC(C#N)CCN1CCC(C)(CC)CC1. The van der Waals surface area contributed by atoms with Gasteiger partial charge in [-0.25, -0.2) is 0 Å². The number of nitrogens with zero attached hydrogens (tertiary/aromatic N) is 2. The van der Waals surface area contributed by atoms with Gasteiger partial charge in [0.05, 0.1) is 12.1 Å². The first-order valence-corrected chi connectivity index (χ1v) is 6.99. The van der Waals surface area contributed by atoms with E-state index in [0.29, 0.717) is 5.41 Å². The van der Waals surface area contributed by atoms with Crippen molar-refractivity contribution in [2.45, 2.75) is 52.5 Å². The standard InChI is InChI=1S/C14H27N3/c1-4-14(3)7-10-17(11-8-14)9-6-13(12-15)16-5-2/h13,16H,4-11H2,1-3H3. The zero-order valence-corrected chi connectivity index (χ0v) is 11.6. The lowest BCUT2D eigenvalue weighted by atomic mass is 9.78. The molecule has 1 atom stereocenters. The highest BCUT2D eigenvalue weighted by Crippen LogP contribution is 2.33. The molecule has 0 spiro atoms. The summed E-state index contributed by atoms with van der Waals surface area (Å²) in [7, 11) is 0. The van der Waals surface area contributed by atoms with Gasteiger partial charge >= 0.3 is 0 Å². The third kappa shape index (κ3) is 4.65. The number of hydrogen-bond acceptors (Lipinski definition) is 3. The normalized spacial score (nSPS) is 22.0. The van der Waals surface area contributed by atoms with Gasteiger partial charge in [-0.05, 0) is 44.3 Å². The first kappa shape index (κ1) is 14.5. The summed E-state index contributed by atoms with van der Waals surface area (Å²) in [5.74, 6) is 0.